The largest absolute Gasteiger partial charge is 0.245 e. The molecule has 0 N–H and O–H groups in total. The van der Waals surface area contributed by atoms with Gasteiger partial charge in [0.15, 0.2) is 0 Å². The first-order valence-corrected chi connectivity index (χ1v) is 18.9. The minimum absolute atomic E-state index is 0.841. The Morgan fingerprint density at radius 1 is 0.268 bits per heavy atom. The van der Waals surface area contributed by atoms with Crippen LogP contribution in [0.15, 0.2) is 194 Å². The van der Waals surface area contributed by atoms with Gasteiger partial charge in [-0.2, -0.15) is 0 Å². The van der Waals surface area contributed by atoms with Gasteiger partial charge >= 0.3 is 0 Å². The maximum absolute atomic E-state index is 5.31. The van der Waals surface area contributed by atoms with E-state index < -0.39 is 0 Å². The quantitative estimate of drug-likeness (QED) is 0.167. The van der Waals surface area contributed by atoms with E-state index in [4.69, 9.17) is 19.9 Å². The molecule has 0 spiro atoms. The highest BCUT2D eigenvalue weighted by molar-refractivity contribution is 6.14. The number of rotatable bonds is 5. The van der Waals surface area contributed by atoms with E-state index in [1.807, 2.05) is 42.5 Å². The molecule has 0 saturated heterocycles. The molecule has 11 rings (SSSR count). The number of hydrogen-bond donors (Lipinski definition) is 0. The molecule has 0 saturated carbocycles. The topological polar surface area (TPSA) is 51.6 Å². The Morgan fingerprint density at radius 2 is 0.750 bits per heavy atom. The summed E-state index contributed by atoms with van der Waals surface area (Å²) < 4.78 is 0. The smallest absolute Gasteiger partial charge is 0.0973 e. The maximum Gasteiger partial charge on any atom is 0.0973 e. The van der Waals surface area contributed by atoms with Crippen molar-refractivity contribution < 1.29 is 0 Å². The molecule has 56 heavy (non-hydrogen) atoms. The van der Waals surface area contributed by atoms with Crippen LogP contribution >= 0.6 is 0 Å². The minimum atomic E-state index is 0.841. The molecule has 0 fully saturated rings. The number of aromatic nitrogens is 4. The monoisotopic (exact) mass is 712 g/mol. The molecule has 3 aromatic heterocycles. The zero-order chi connectivity index (χ0) is 37.0. The zero-order valence-electron chi connectivity index (χ0n) is 30.3. The summed E-state index contributed by atoms with van der Waals surface area (Å²) in [6.07, 6.45) is 0. The molecule has 0 aliphatic rings. The summed E-state index contributed by atoms with van der Waals surface area (Å²) in [5.74, 6) is 0. The minimum Gasteiger partial charge on any atom is -0.245 e. The van der Waals surface area contributed by atoms with Crippen molar-refractivity contribution in [2.24, 2.45) is 0 Å². The molecule has 11 aromatic rings. The van der Waals surface area contributed by atoms with Gasteiger partial charge in [-0.25, -0.2) is 19.9 Å². The molecule has 4 heteroatoms. The van der Waals surface area contributed by atoms with Crippen molar-refractivity contribution in [2.75, 3.05) is 0 Å². The van der Waals surface area contributed by atoms with Crippen LogP contribution < -0.4 is 0 Å². The lowest BCUT2D eigenvalue weighted by Gasteiger charge is -2.13. The van der Waals surface area contributed by atoms with Crippen molar-refractivity contribution in [1.29, 1.82) is 0 Å². The fraction of sp³-hybridized carbons (Fsp3) is 0. The van der Waals surface area contributed by atoms with Gasteiger partial charge in [0, 0.05) is 33.0 Å². The highest BCUT2D eigenvalue weighted by atomic mass is 14.8. The van der Waals surface area contributed by atoms with Crippen LogP contribution in [0, 0.1) is 0 Å². The Morgan fingerprint density at radius 3 is 1.43 bits per heavy atom. The van der Waals surface area contributed by atoms with E-state index in [1.165, 1.54) is 27.1 Å². The van der Waals surface area contributed by atoms with Gasteiger partial charge in [-0.15, -0.1) is 0 Å². The molecule has 0 unspecified atom stereocenters. The lowest BCUT2D eigenvalue weighted by molar-refractivity contribution is 1.29. The number of hydrogen-bond acceptors (Lipinski definition) is 4. The third-order valence-electron chi connectivity index (χ3n) is 10.8. The van der Waals surface area contributed by atoms with E-state index >= 15 is 0 Å². The Kier molecular flexibility index (Phi) is 7.46. The normalized spacial score (nSPS) is 11.6. The fourth-order valence-electron chi connectivity index (χ4n) is 8.05. The van der Waals surface area contributed by atoms with Gasteiger partial charge in [0.1, 0.15) is 0 Å². The predicted octanol–water partition coefficient (Wildman–Crippen LogP) is 13.4. The second-order valence-corrected chi connectivity index (χ2v) is 14.2. The molecule has 0 amide bonds. The van der Waals surface area contributed by atoms with E-state index in [9.17, 15) is 0 Å². The predicted molar refractivity (Wildman–Crippen MR) is 232 cm³/mol. The molecule has 8 aromatic carbocycles. The van der Waals surface area contributed by atoms with Gasteiger partial charge in [0.2, 0.25) is 0 Å². The lowest BCUT2D eigenvalue weighted by Crippen LogP contribution is -1.96. The molecular formula is C52H32N4. The first-order chi connectivity index (χ1) is 27.7. The van der Waals surface area contributed by atoms with Crippen molar-refractivity contribution in [3.05, 3.63) is 194 Å². The van der Waals surface area contributed by atoms with Gasteiger partial charge in [-0.05, 0) is 75.1 Å². The van der Waals surface area contributed by atoms with Crippen molar-refractivity contribution in [2.45, 2.75) is 0 Å². The fourth-order valence-corrected chi connectivity index (χ4v) is 8.05. The average Bonchev–Trinajstić information content (AvgIpc) is 3.28. The van der Waals surface area contributed by atoms with Crippen LogP contribution in [0.25, 0.3) is 111 Å². The van der Waals surface area contributed by atoms with Crippen LogP contribution in [-0.2, 0) is 0 Å². The second kappa shape index (κ2) is 13.1. The Hall–Kier alpha value is -7.56. The third kappa shape index (κ3) is 5.47. The summed E-state index contributed by atoms with van der Waals surface area (Å²) in [6, 6.07) is 68.0. The molecule has 0 aliphatic carbocycles. The zero-order valence-corrected chi connectivity index (χ0v) is 30.3. The van der Waals surface area contributed by atoms with Crippen molar-refractivity contribution in [3.8, 4) is 56.2 Å². The molecule has 4 nitrogen and oxygen atoms in total. The van der Waals surface area contributed by atoms with Crippen LogP contribution in [0.2, 0.25) is 0 Å². The molecule has 0 radical (unpaired) electrons. The van der Waals surface area contributed by atoms with E-state index in [0.717, 1.165) is 83.4 Å². The van der Waals surface area contributed by atoms with Crippen molar-refractivity contribution >= 4 is 54.4 Å². The number of pyridine rings is 2. The van der Waals surface area contributed by atoms with Gasteiger partial charge in [-0.1, -0.05) is 152 Å². The number of para-hydroxylation sites is 2. The third-order valence-corrected chi connectivity index (χ3v) is 10.8. The van der Waals surface area contributed by atoms with Gasteiger partial charge in [-0.3, -0.25) is 0 Å². The lowest BCUT2D eigenvalue weighted by atomic mass is 9.92. The number of benzene rings is 8. The summed E-state index contributed by atoms with van der Waals surface area (Å²) in [5, 5.41) is 7.10. The molecule has 260 valence electrons. The Balaban J connectivity index is 1.02. The maximum atomic E-state index is 5.31. The van der Waals surface area contributed by atoms with E-state index in [-0.39, 0.29) is 0 Å². The first-order valence-electron chi connectivity index (χ1n) is 18.9. The molecular weight excluding hydrogens is 681 g/mol. The molecule has 0 bridgehead atoms. The number of nitrogens with zero attached hydrogens (tertiary/aromatic N) is 4. The van der Waals surface area contributed by atoms with Crippen LogP contribution in [-0.4, -0.2) is 19.9 Å². The summed E-state index contributed by atoms with van der Waals surface area (Å²) in [7, 11) is 0. The van der Waals surface area contributed by atoms with Crippen LogP contribution in [0.5, 0.6) is 0 Å². The summed E-state index contributed by atoms with van der Waals surface area (Å²) in [6.45, 7) is 0. The van der Waals surface area contributed by atoms with E-state index in [2.05, 4.69) is 152 Å². The number of fused-ring (bicyclic) bond motifs is 7. The molecule has 3 heterocycles. The Labute approximate surface area is 323 Å². The average molecular weight is 713 g/mol. The van der Waals surface area contributed by atoms with E-state index in [0.29, 0.717) is 0 Å². The van der Waals surface area contributed by atoms with Crippen LogP contribution in [0.3, 0.4) is 0 Å². The van der Waals surface area contributed by atoms with Gasteiger partial charge < -0.3 is 0 Å². The summed E-state index contributed by atoms with van der Waals surface area (Å²) >= 11 is 0. The highest BCUT2D eigenvalue weighted by Gasteiger charge is 2.16. The standard InChI is InChI=1S/C52H32N4/c1-2-12-33(13-3-1)49-52(56-48-23-9-8-22-47(48)55-49)40-18-11-17-39(31-40)46-29-27-35-25-24-34-26-28-45(53-50(34)51(35)54-46)38-16-10-15-36(30-38)44-32-37-14-4-5-19-41(37)42-20-6-7-21-43(42)44/h1-32H. The SMILES string of the molecule is c1ccc(-c2nc3ccccc3nc2-c2cccc(-c3ccc4ccc5ccc(-c6cccc(-c7cc8ccccc8c8ccccc78)c6)nc5c4n3)c2)cc1. The van der Waals surface area contributed by atoms with Gasteiger partial charge in [0.25, 0.3) is 0 Å². The Bertz CT molecular complexity index is 3320. The first kappa shape index (κ1) is 31.9. The van der Waals surface area contributed by atoms with Crippen LogP contribution in [0.1, 0.15) is 0 Å². The molecule has 0 aliphatic heterocycles. The van der Waals surface area contributed by atoms with Crippen molar-refractivity contribution in [1.82, 2.24) is 19.9 Å². The van der Waals surface area contributed by atoms with Crippen molar-refractivity contribution in [3.63, 3.8) is 0 Å². The van der Waals surface area contributed by atoms with E-state index in [1.54, 1.807) is 0 Å². The highest BCUT2D eigenvalue weighted by Crippen LogP contribution is 2.38. The summed E-state index contributed by atoms with van der Waals surface area (Å²) in [4.78, 5) is 20.9. The second-order valence-electron chi connectivity index (χ2n) is 14.2. The van der Waals surface area contributed by atoms with Crippen LogP contribution in [0.4, 0.5) is 0 Å². The summed E-state index contributed by atoms with van der Waals surface area (Å²) in [5.41, 5.74) is 13.4. The molecule has 0 atom stereocenters. The van der Waals surface area contributed by atoms with Gasteiger partial charge in [0.05, 0.1) is 44.8 Å².